The smallest absolute Gasteiger partial charge is 0.408 e. The maximum Gasteiger partial charge on any atom is 0.408 e. The van der Waals surface area contributed by atoms with Crippen LogP contribution in [0.1, 0.15) is 48.1 Å². The molecule has 0 radical (unpaired) electrons. The van der Waals surface area contributed by atoms with E-state index in [1.165, 1.54) is 12.3 Å². The summed E-state index contributed by atoms with van der Waals surface area (Å²) in [5.74, 6) is -4.07. The summed E-state index contributed by atoms with van der Waals surface area (Å²) >= 11 is 0. The van der Waals surface area contributed by atoms with Gasteiger partial charge in [0.15, 0.2) is 6.10 Å². The van der Waals surface area contributed by atoms with Gasteiger partial charge in [0.05, 0.1) is 0 Å². The Morgan fingerprint density at radius 2 is 1.96 bits per heavy atom. The molecule has 1 N–H and O–H groups in total. The lowest BCUT2D eigenvalue weighted by Gasteiger charge is -2.34. The fourth-order valence-corrected chi connectivity index (χ4v) is 3.83. The number of nitrogens with one attached hydrogen (secondary N) is 1. The van der Waals surface area contributed by atoms with E-state index in [9.17, 15) is 22.4 Å². The molecule has 2 atom stereocenters. The minimum absolute atomic E-state index is 0.00534. The van der Waals surface area contributed by atoms with Gasteiger partial charge in [-0.25, -0.2) is 22.4 Å². The Morgan fingerprint density at radius 1 is 1.18 bits per heavy atom. The quantitative estimate of drug-likeness (QED) is 0.737. The molecule has 2 aromatic rings. The summed E-state index contributed by atoms with van der Waals surface area (Å²) in [4.78, 5) is 15.9. The number of alkyl carbamates (subject to hydrolysis) is 1. The van der Waals surface area contributed by atoms with Crippen molar-refractivity contribution < 1.29 is 27.1 Å². The predicted molar refractivity (Wildman–Crippen MR) is 91.7 cm³/mol. The highest BCUT2D eigenvalue weighted by Crippen LogP contribution is 2.44. The molecule has 4 rings (SSSR count). The number of rotatable bonds is 5. The molecule has 2 heterocycles. The lowest BCUT2D eigenvalue weighted by atomic mass is 9.78. The normalized spacial score (nSPS) is 23.8. The molecule has 1 saturated heterocycles. The minimum Gasteiger partial charge on any atom is -0.439 e. The van der Waals surface area contributed by atoms with E-state index in [1.54, 1.807) is 12.3 Å². The molecule has 2 unspecified atom stereocenters. The third kappa shape index (κ3) is 3.81. The zero-order valence-corrected chi connectivity index (χ0v) is 14.8. The van der Waals surface area contributed by atoms with Gasteiger partial charge in [-0.2, -0.15) is 0 Å². The van der Waals surface area contributed by atoms with E-state index in [0.717, 1.165) is 17.7 Å². The summed E-state index contributed by atoms with van der Waals surface area (Å²) in [5.41, 5.74) is 1.51. The fourth-order valence-electron chi connectivity index (χ4n) is 3.83. The highest BCUT2D eigenvalue weighted by atomic mass is 19.3. The summed E-state index contributed by atoms with van der Waals surface area (Å²) in [6.07, 6.45) is 2.55. The van der Waals surface area contributed by atoms with Crippen molar-refractivity contribution in [1.82, 2.24) is 10.3 Å². The van der Waals surface area contributed by atoms with E-state index in [1.807, 2.05) is 0 Å². The Hall–Kier alpha value is -2.64. The summed E-state index contributed by atoms with van der Waals surface area (Å²) in [7, 11) is 0. The Labute approximate surface area is 158 Å². The van der Waals surface area contributed by atoms with Gasteiger partial charge in [-0.1, -0.05) is 6.07 Å². The molecular weight excluding hydrogens is 376 g/mol. The zero-order valence-electron chi connectivity index (χ0n) is 14.8. The first kappa shape index (κ1) is 18.7. The van der Waals surface area contributed by atoms with Crippen LogP contribution in [0.15, 0.2) is 36.7 Å². The molecule has 28 heavy (non-hydrogen) atoms. The molecule has 148 valence electrons. The Morgan fingerprint density at radius 3 is 2.68 bits per heavy atom. The number of halogens is 4. The molecule has 0 bridgehead atoms. The molecule has 1 aliphatic heterocycles. The highest BCUT2D eigenvalue weighted by Gasteiger charge is 2.44. The number of carbonyl (C=O) groups excluding carboxylic acids is 1. The van der Waals surface area contributed by atoms with Crippen LogP contribution in [0.25, 0.3) is 0 Å². The van der Waals surface area contributed by atoms with Crippen LogP contribution < -0.4 is 5.32 Å². The number of nitrogens with zero attached hydrogens (tertiary/aromatic N) is 1. The summed E-state index contributed by atoms with van der Waals surface area (Å²) < 4.78 is 58.5. The SMILES string of the molecule is O=C1NC(c2cncc(CCC3CC(F)(F)C3)c2)C(c2ccc(F)cc2F)O1. The van der Waals surface area contributed by atoms with Gasteiger partial charge in [-0.05, 0) is 42.0 Å². The van der Waals surface area contributed by atoms with Crippen molar-refractivity contribution in [3.63, 3.8) is 0 Å². The van der Waals surface area contributed by atoms with E-state index in [-0.39, 0.29) is 24.3 Å². The van der Waals surface area contributed by atoms with Gasteiger partial charge in [0.25, 0.3) is 0 Å². The maximum absolute atomic E-state index is 14.2. The number of ether oxygens (including phenoxy) is 1. The molecule has 2 aliphatic rings. The van der Waals surface area contributed by atoms with Gasteiger partial charge in [0.2, 0.25) is 5.92 Å². The molecule has 8 heteroatoms. The van der Waals surface area contributed by atoms with Gasteiger partial charge in [-0.15, -0.1) is 0 Å². The highest BCUT2D eigenvalue weighted by molar-refractivity contribution is 5.71. The lowest BCUT2D eigenvalue weighted by Crippen LogP contribution is -2.35. The Kier molecular flexibility index (Phi) is 4.72. The Balaban J connectivity index is 1.51. The van der Waals surface area contributed by atoms with Gasteiger partial charge < -0.3 is 10.1 Å². The van der Waals surface area contributed by atoms with Crippen LogP contribution in [0.5, 0.6) is 0 Å². The first-order chi connectivity index (χ1) is 13.3. The molecule has 1 amide bonds. The van der Waals surface area contributed by atoms with E-state index < -0.39 is 35.8 Å². The predicted octanol–water partition coefficient (Wildman–Crippen LogP) is 4.86. The van der Waals surface area contributed by atoms with Crippen molar-refractivity contribution in [2.75, 3.05) is 0 Å². The number of hydrogen-bond acceptors (Lipinski definition) is 3. The van der Waals surface area contributed by atoms with Crippen molar-refractivity contribution in [2.24, 2.45) is 5.92 Å². The van der Waals surface area contributed by atoms with Crippen LogP contribution in [-0.4, -0.2) is 17.0 Å². The average Bonchev–Trinajstić information content (AvgIpc) is 3.00. The summed E-state index contributed by atoms with van der Waals surface area (Å²) in [6, 6.07) is 4.20. The van der Waals surface area contributed by atoms with Crippen LogP contribution in [0.3, 0.4) is 0 Å². The van der Waals surface area contributed by atoms with Crippen LogP contribution >= 0.6 is 0 Å². The monoisotopic (exact) mass is 394 g/mol. The van der Waals surface area contributed by atoms with E-state index >= 15 is 0 Å². The number of alkyl halides is 2. The van der Waals surface area contributed by atoms with Crippen molar-refractivity contribution in [2.45, 2.75) is 43.8 Å². The van der Waals surface area contributed by atoms with Crippen LogP contribution in [0.2, 0.25) is 0 Å². The van der Waals surface area contributed by atoms with Crippen molar-refractivity contribution in [3.8, 4) is 0 Å². The van der Waals surface area contributed by atoms with Gasteiger partial charge >= 0.3 is 6.09 Å². The second kappa shape index (κ2) is 7.07. The summed E-state index contributed by atoms with van der Waals surface area (Å²) in [6.45, 7) is 0. The first-order valence-corrected chi connectivity index (χ1v) is 9.04. The molecule has 1 aromatic heterocycles. The number of hydrogen-bond donors (Lipinski definition) is 1. The molecule has 1 aromatic carbocycles. The number of aromatic nitrogens is 1. The molecule has 2 fully saturated rings. The minimum atomic E-state index is -2.54. The number of benzene rings is 1. The maximum atomic E-state index is 14.2. The topological polar surface area (TPSA) is 51.2 Å². The summed E-state index contributed by atoms with van der Waals surface area (Å²) in [5, 5.41) is 2.63. The second-order valence-corrected chi connectivity index (χ2v) is 7.41. The van der Waals surface area contributed by atoms with Crippen LogP contribution in [0.4, 0.5) is 22.4 Å². The number of aryl methyl sites for hydroxylation is 1. The number of cyclic esters (lactones) is 1. The third-order valence-corrected chi connectivity index (χ3v) is 5.27. The van der Waals surface area contributed by atoms with Gasteiger partial charge in [0.1, 0.15) is 17.7 Å². The molecule has 1 saturated carbocycles. The lowest BCUT2D eigenvalue weighted by molar-refractivity contribution is -0.111. The zero-order chi connectivity index (χ0) is 19.9. The van der Waals surface area contributed by atoms with Gasteiger partial charge in [0, 0.05) is 36.9 Å². The molecular formula is C20H18F4N2O2. The number of amides is 1. The fraction of sp³-hybridized carbons (Fsp3) is 0.400. The molecule has 4 nitrogen and oxygen atoms in total. The van der Waals surface area contributed by atoms with E-state index in [0.29, 0.717) is 18.4 Å². The third-order valence-electron chi connectivity index (χ3n) is 5.27. The number of pyridine rings is 1. The Bertz CT molecular complexity index is 898. The second-order valence-electron chi connectivity index (χ2n) is 7.41. The molecule has 1 aliphatic carbocycles. The number of carbonyl (C=O) groups is 1. The van der Waals surface area contributed by atoms with Crippen LogP contribution in [-0.2, 0) is 11.2 Å². The van der Waals surface area contributed by atoms with E-state index in [2.05, 4.69) is 10.3 Å². The van der Waals surface area contributed by atoms with Crippen molar-refractivity contribution in [1.29, 1.82) is 0 Å². The van der Waals surface area contributed by atoms with Crippen LogP contribution in [0, 0.1) is 17.6 Å². The van der Waals surface area contributed by atoms with E-state index in [4.69, 9.17) is 4.74 Å². The largest absolute Gasteiger partial charge is 0.439 e. The standard InChI is InChI=1S/C20H18F4N2O2/c21-14-3-4-15(16(22)6-14)18-17(26-19(27)28-18)13-5-11(9-25-10-13)1-2-12-7-20(23,24)8-12/h3-6,9-10,12,17-18H,1-2,7-8H2,(H,26,27). The molecule has 0 spiro atoms. The van der Waals surface area contributed by atoms with Gasteiger partial charge in [-0.3, -0.25) is 4.98 Å². The average molecular weight is 394 g/mol. The van der Waals surface area contributed by atoms with Crippen molar-refractivity contribution >= 4 is 6.09 Å². The van der Waals surface area contributed by atoms with Crippen molar-refractivity contribution in [3.05, 3.63) is 65.0 Å². The first-order valence-electron chi connectivity index (χ1n) is 9.04.